The summed E-state index contributed by atoms with van der Waals surface area (Å²) in [5, 5.41) is 2.66. The van der Waals surface area contributed by atoms with Gasteiger partial charge in [-0.1, -0.05) is 71.0 Å². The fraction of sp³-hybridized carbons (Fsp3) is 0.400. The van der Waals surface area contributed by atoms with Gasteiger partial charge in [0.05, 0.1) is 5.52 Å². The molecule has 0 unspecified atom stereocenters. The molecule has 1 heterocycles. The van der Waals surface area contributed by atoms with E-state index in [1.165, 1.54) is 27.4 Å². The molecule has 1 nitrogen and oxygen atoms in total. The second-order valence-electron chi connectivity index (χ2n) is 8.02. The summed E-state index contributed by atoms with van der Waals surface area (Å²) in [6.07, 6.45) is 1.16. The summed E-state index contributed by atoms with van der Waals surface area (Å²) in [7, 11) is 0. The molecule has 0 saturated heterocycles. The normalized spacial score (nSPS) is 13.2. The largest absolute Gasteiger partial charge is 0.354 e. The molecule has 0 aliphatic rings. The molecule has 3 rings (SSSR count). The lowest BCUT2D eigenvalue weighted by molar-refractivity contribution is 0.285. The third-order valence-corrected chi connectivity index (χ3v) is 4.24. The summed E-state index contributed by atoms with van der Waals surface area (Å²) >= 11 is 0. The van der Waals surface area contributed by atoms with Gasteiger partial charge < -0.3 is 4.98 Å². The average molecular weight is 279 g/mol. The van der Waals surface area contributed by atoms with Crippen LogP contribution in [0.4, 0.5) is 0 Å². The number of nitrogens with one attached hydrogen (secondary N) is 1. The third-order valence-electron chi connectivity index (χ3n) is 4.24. The highest BCUT2D eigenvalue weighted by atomic mass is 14.7. The van der Waals surface area contributed by atoms with Crippen LogP contribution in [0.3, 0.4) is 0 Å². The minimum absolute atomic E-state index is 0.151. The van der Waals surface area contributed by atoms with Crippen molar-refractivity contribution in [3.05, 3.63) is 48.0 Å². The van der Waals surface area contributed by atoms with Gasteiger partial charge in [-0.05, 0) is 28.9 Å². The van der Waals surface area contributed by atoms with Crippen LogP contribution in [0.1, 0.15) is 46.6 Å². The molecule has 0 atom stereocenters. The molecule has 1 aromatic heterocycles. The zero-order valence-corrected chi connectivity index (χ0v) is 13.7. The second kappa shape index (κ2) is 4.62. The Morgan fingerprint density at radius 2 is 1.48 bits per heavy atom. The summed E-state index contributed by atoms with van der Waals surface area (Å²) < 4.78 is 0. The maximum atomic E-state index is 3.64. The van der Waals surface area contributed by atoms with Crippen LogP contribution in [-0.4, -0.2) is 4.98 Å². The van der Waals surface area contributed by atoms with Gasteiger partial charge in [-0.15, -0.1) is 0 Å². The van der Waals surface area contributed by atoms with Gasteiger partial charge in [0.2, 0.25) is 0 Å². The Hall–Kier alpha value is -1.76. The maximum Gasteiger partial charge on any atom is 0.0502 e. The Kier molecular flexibility index (Phi) is 3.12. The van der Waals surface area contributed by atoms with E-state index in [-0.39, 0.29) is 5.41 Å². The summed E-state index contributed by atoms with van der Waals surface area (Å²) in [4.78, 5) is 3.64. The Morgan fingerprint density at radius 1 is 0.810 bits per heavy atom. The minimum atomic E-state index is 0.151. The van der Waals surface area contributed by atoms with E-state index in [0.717, 1.165) is 6.42 Å². The van der Waals surface area contributed by atoms with E-state index in [4.69, 9.17) is 0 Å². The van der Waals surface area contributed by atoms with Crippen molar-refractivity contribution >= 4 is 21.8 Å². The van der Waals surface area contributed by atoms with Crippen LogP contribution in [0, 0.1) is 5.41 Å². The van der Waals surface area contributed by atoms with Crippen LogP contribution in [0.15, 0.2) is 42.5 Å². The topological polar surface area (TPSA) is 15.8 Å². The molecular formula is C20H25N. The van der Waals surface area contributed by atoms with Gasteiger partial charge in [0.1, 0.15) is 0 Å². The van der Waals surface area contributed by atoms with Crippen LogP contribution in [-0.2, 0) is 5.41 Å². The van der Waals surface area contributed by atoms with Crippen molar-refractivity contribution < 1.29 is 0 Å². The minimum Gasteiger partial charge on any atom is -0.354 e. The van der Waals surface area contributed by atoms with E-state index in [1.807, 2.05) is 0 Å². The number of hydrogen-bond donors (Lipinski definition) is 1. The van der Waals surface area contributed by atoms with Gasteiger partial charge >= 0.3 is 0 Å². The third kappa shape index (κ3) is 2.57. The fourth-order valence-corrected chi connectivity index (χ4v) is 3.86. The van der Waals surface area contributed by atoms with Gasteiger partial charge in [-0.3, -0.25) is 0 Å². The van der Waals surface area contributed by atoms with Crippen LogP contribution >= 0.6 is 0 Å². The standard InChI is InChI=1S/C20H25N/c1-19(2,3)13-20(4,5)16-11-8-10-15-14-9-6-7-12-17(14)21-18(15)16/h6-12,21H,13H2,1-5H3. The van der Waals surface area contributed by atoms with Crippen molar-refractivity contribution in [2.45, 2.75) is 46.5 Å². The monoisotopic (exact) mass is 279 g/mol. The molecule has 0 aliphatic carbocycles. The molecule has 0 aliphatic heterocycles. The Balaban J connectivity index is 2.23. The number of benzene rings is 2. The van der Waals surface area contributed by atoms with Crippen LogP contribution in [0.5, 0.6) is 0 Å². The molecule has 0 bridgehead atoms. The first-order valence-corrected chi connectivity index (χ1v) is 7.78. The number of rotatable bonds is 2. The highest BCUT2D eigenvalue weighted by molar-refractivity contribution is 6.08. The van der Waals surface area contributed by atoms with Gasteiger partial charge in [0.25, 0.3) is 0 Å². The fourth-order valence-electron chi connectivity index (χ4n) is 3.86. The first-order valence-electron chi connectivity index (χ1n) is 7.78. The molecule has 0 saturated carbocycles. The lowest BCUT2D eigenvalue weighted by Gasteiger charge is -2.33. The molecule has 0 radical (unpaired) electrons. The molecule has 2 aromatic carbocycles. The van der Waals surface area contributed by atoms with E-state index in [1.54, 1.807) is 0 Å². The summed E-state index contributed by atoms with van der Waals surface area (Å²) in [6, 6.07) is 15.3. The van der Waals surface area contributed by atoms with Crippen LogP contribution in [0.25, 0.3) is 21.8 Å². The smallest absolute Gasteiger partial charge is 0.0502 e. The average Bonchev–Trinajstić information content (AvgIpc) is 2.74. The number of para-hydroxylation sites is 2. The Morgan fingerprint density at radius 3 is 2.19 bits per heavy atom. The van der Waals surface area contributed by atoms with Crippen LogP contribution < -0.4 is 0 Å². The molecule has 3 aromatic rings. The van der Waals surface area contributed by atoms with Crippen molar-refractivity contribution in [1.29, 1.82) is 0 Å². The molecule has 21 heavy (non-hydrogen) atoms. The molecule has 110 valence electrons. The number of aromatic amines is 1. The molecule has 0 spiro atoms. The second-order valence-corrected chi connectivity index (χ2v) is 8.02. The lowest BCUT2D eigenvalue weighted by atomic mass is 9.72. The molecule has 0 fully saturated rings. The van der Waals surface area contributed by atoms with Gasteiger partial charge in [0.15, 0.2) is 0 Å². The zero-order chi connectivity index (χ0) is 15.3. The highest BCUT2D eigenvalue weighted by Crippen LogP contribution is 2.40. The highest BCUT2D eigenvalue weighted by Gasteiger charge is 2.29. The maximum absolute atomic E-state index is 3.64. The number of hydrogen-bond acceptors (Lipinski definition) is 0. The molecule has 1 N–H and O–H groups in total. The van der Waals surface area contributed by atoms with Crippen molar-refractivity contribution in [1.82, 2.24) is 4.98 Å². The van der Waals surface area contributed by atoms with Gasteiger partial charge in [0, 0.05) is 16.3 Å². The quantitative estimate of drug-likeness (QED) is 0.589. The lowest BCUT2D eigenvalue weighted by Crippen LogP contribution is -2.25. The number of H-pyrrole nitrogens is 1. The van der Waals surface area contributed by atoms with E-state index in [9.17, 15) is 0 Å². The zero-order valence-electron chi connectivity index (χ0n) is 13.7. The predicted molar refractivity (Wildman–Crippen MR) is 92.9 cm³/mol. The molecule has 1 heteroatoms. The van der Waals surface area contributed by atoms with E-state index >= 15 is 0 Å². The Bertz CT molecular complexity index is 784. The summed E-state index contributed by atoms with van der Waals surface area (Å²) in [6.45, 7) is 11.7. The van der Waals surface area contributed by atoms with Gasteiger partial charge in [-0.25, -0.2) is 0 Å². The SMILES string of the molecule is CC(C)(C)CC(C)(C)c1cccc2c1[nH]c1ccccc12. The summed E-state index contributed by atoms with van der Waals surface area (Å²) in [5.74, 6) is 0. The van der Waals surface area contributed by atoms with E-state index < -0.39 is 0 Å². The van der Waals surface area contributed by atoms with Crippen LogP contribution in [0.2, 0.25) is 0 Å². The predicted octanol–water partition coefficient (Wildman–Crippen LogP) is 6.03. The van der Waals surface area contributed by atoms with Crippen molar-refractivity contribution in [2.75, 3.05) is 0 Å². The van der Waals surface area contributed by atoms with Crippen molar-refractivity contribution in [3.63, 3.8) is 0 Å². The Labute approximate surface area is 127 Å². The van der Waals surface area contributed by atoms with E-state index in [0.29, 0.717) is 5.41 Å². The molecule has 0 amide bonds. The summed E-state index contributed by atoms with van der Waals surface area (Å²) in [5.41, 5.74) is 4.42. The van der Waals surface area contributed by atoms with Crippen molar-refractivity contribution in [2.24, 2.45) is 5.41 Å². The first kappa shape index (κ1) is 14.2. The van der Waals surface area contributed by atoms with Gasteiger partial charge in [-0.2, -0.15) is 0 Å². The number of fused-ring (bicyclic) bond motifs is 3. The van der Waals surface area contributed by atoms with E-state index in [2.05, 4.69) is 82.1 Å². The first-order chi connectivity index (χ1) is 9.78. The number of aromatic nitrogens is 1. The molecular weight excluding hydrogens is 254 g/mol. The van der Waals surface area contributed by atoms with Crippen molar-refractivity contribution in [3.8, 4) is 0 Å².